The van der Waals surface area contributed by atoms with Crippen molar-refractivity contribution in [2.75, 3.05) is 5.32 Å². The molecule has 2 rings (SSSR count). The summed E-state index contributed by atoms with van der Waals surface area (Å²) in [5, 5.41) is 7.59. The highest BCUT2D eigenvalue weighted by Crippen LogP contribution is 2.31. The van der Waals surface area contributed by atoms with Crippen LogP contribution in [0.3, 0.4) is 0 Å². The lowest BCUT2D eigenvalue weighted by Crippen LogP contribution is -2.18. The molecule has 0 unspecified atom stereocenters. The smallest absolute Gasteiger partial charge is 0.321 e. The van der Waals surface area contributed by atoms with Crippen molar-refractivity contribution in [3.63, 3.8) is 0 Å². The first kappa shape index (κ1) is 14.6. The van der Waals surface area contributed by atoms with Gasteiger partial charge in [0, 0.05) is 18.1 Å². The van der Waals surface area contributed by atoms with Gasteiger partial charge in [-0.25, -0.2) is 0 Å². The van der Waals surface area contributed by atoms with E-state index in [1.165, 1.54) is 18.4 Å². The minimum atomic E-state index is -4.66. The van der Waals surface area contributed by atoms with Gasteiger partial charge in [0.1, 0.15) is 0 Å². The lowest BCUT2D eigenvalue weighted by molar-refractivity contribution is -0.141. The van der Waals surface area contributed by atoms with Crippen LogP contribution in [0.4, 0.5) is 18.9 Å². The molecule has 1 N–H and O–H groups in total. The number of aromatic nitrogens is 2. The van der Waals surface area contributed by atoms with Gasteiger partial charge in [0.15, 0.2) is 5.69 Å². The second kappa shape index (κ2) is 5.28. The first-order valence-electron chi connectivity index (χ1n) is 5.81. The number of nitrogens with one attached hydrogen (secondary N) is 1. The lowest BCUT2D eigenvalue weighted by Gasteiger charge is -2.07. The summed E-state index contributed by atoms with van der Waals surface area (Å²) in [7, 11) is 1.34. The number of carbonyl (C=O) groups is 1. The average Bonchev–Trinajstić information content (AvgIpc) is 2.94. The SMILES string of the molecule is CCc1sccc1NC(=O)c1cn(C)nc1C(F)(F)F. The van der Waals surface area contributed by atoms with Crippen molar-refractivity contribution in [1.82, 2.24) is 9.78 Å². The molecule has 2 heterocycles. The molecule has 20 heavy (non-hydrogen) atoms. The summed E-state index contributed by atoms with van der Waals surface area (Å²) in [5.41, 5.74) is -1.11. The molecule has 0 fully saturated rings. The molecular weight excluding hydrogens is 291 g/mol. The van der Waals surface area contributed by atoms with Crippen molar-refractivity contribution in [2.45, 2.75) is 19.5 Å². The summed E-state index contributed by atoms with van der Waals surface area (Å²) >= 11 is 1.44. The van der Waals surface area contributed by atoms with Gasteiger partial charge in [-0.05, 0) is 17.9 Å². The maximum Gasteiger partial charge on any atom is 0.435 e. The van der Waals surface area contributed by atoms with E-state index in [0.29, 0.717) is 12.1 Å². The number of thiophene rings is 1. The number of aryl methyl sites for hydroxylation is 2. The molecule has 0 saturated carbocycles. The van der Waals surface area contributed by atoms with E-state index in [-0.39, 0.29) is 0 Å². The highest BCUT2D eigenvalue weighted by Gasteiger charge is 2.39. The molecule has 108 valence electrons. The van der Waals surface area contributed by atoms with Crippen molar-refractivity contribution in [3.05, 3.63) is 33.8 Å². The van der Waals surface area contributed by atoms with Gasteiger partial charge in [0.2, 0.25) is 0 Å². The topological polar surface area (TPSA) is 46.9 Å². The Balaban J connectivity index is 2.30. The molecule has 0 radical (unpaired) electrons. The number of halogens is 3. The monoisotopic (exact) mass is 303 g/mol. The third-order valence-corrected chi connectivity index (χ3v) is 3.72. The van der Waals surface area contributed by atoms with E-state index in [1.807, 2.05) is 6.92 Å². The fraction of sp³-hybridized carbons (Fsp3) is 0.333. The predicted molar refractivity (Wildman–Crippen MR) is 69.9 cm³/mol. The van der Waals surface area contributed by atoms with E-state index >= 15 is 0 Å². The molecule has 0 atom stereocenters. The van der Waals surface area contributed by atoms with E-state index in [0.717, 1.165) is 15.8 Å². The van der Waals surface area contributed by atoms with E-state index < -0.39 is 23.3 Å². The van der Waals surface area contributed by atoms with Gasteiger partial charge in [0.25, 0.3) is 5.91 Å². The van der Waals surface area contributed by atoms with Crippen LogP contribution in [0.2, 0.25) is 0 Å². The normalized spacial score (nSPS) is 11.7. The number of rotatable bonds is 3. The van der Waals surface area contributed by atoms with Gasteiger partial charge >= 0.3 is 6.18 Å². The number of alkyl halides is 3. The summed E-state index contributed by atoms with van der Waals surface area (Å²) in [6, 6.07) is 1.67. The molecule has 4 nitrogen and oxygen atoms in total. The fourth-order valence-corrected chi connectivity index (χ4v) is 2.56. The van der Waals surface area contributed by atoms with Gasteiger partial charge < -0.3 is 5.32 Å². The number of hydrogen-bond donors (Lipinski definition) is 1. The quantitative estimate of drug-likeness (QED) is 0.945. The van der Waals surface area contributed by atoms with Crippen LogP contribution >= 0.6 is 11.3 Å². The Hall–Kier alpha value is -1.83. The number of hydrogen-bond acceptors (Lipinski definition) is 3. The van der Waals surface area contributed by atoms with Gasteiger partial charge in [-0.15, -0.1) is 11.3 Å². The van der Waals surface area contributed by atoms with Crippen molar-refractivity contribution >= 4 is 22.9 Å². The van der Waals surface area contributed by atoms with E-state index in [9.17, 15) is 18.0 Å². The van der Waals surface area contributed by atoms with Gasteiger partial charge in [-0.2, -0.15) is 18.3 Å². The molecule has 1 amide bonds. The van der Waals surface area contributed by atoms with Crippen LogP contribution in [0, 0.1) is 0 Å². The number of nitrogens with zero attached hydrogens (tertiary/aromatic N) is 2. The van der Waals surface area contributed by atoms with Crippen LogP contribution in [-0.4, -0.2) is 15.7 Å². The van der Waals surface area contributed by atoms with Crippen molar-refractivity contribution in [1.29, 1.82) is 0 Å². The standard InChI is InChI=1S/C12H12F3N3OS/c1-3-9-8(4-5-20-9)16-11(19)7-6-18(2)17-10(7)12(13,14)15/h4-6H,3H2,1-2H3,(H,16,19). The molecule has 0 aliphatic rings. The first-order chi connectivity index (χ1) is 9.32. The Morgan fingerprint density at radius 3 is 2.80 bits per heavy atom. The second-order valence-electron chi connectivity index (χ2n) is 4.13. The van der Waals surface area contributed by atoms with E-state index in [4.69, 9.17) is 0 Å². The molecule has 0 spiro atoms. The van der Waals surface area contributed by atoms with E-state index in [1.54, 1.807) is 11.4 Å². The lowest BCUT2D eigenvalue weighted by atomic mass is 10.2. The molecule has 0 saturated heterocycles. The molecular formula is C12H12F3N3OS. The highest BCUT2D eigenvalue weighted by molar-refractivity contribution is 7.10. The predicted octanol–water partition coefficient (Wildman–Crippen LogP) is 3.32. The van der Waals surface area contributed by atoms with Crippen molar-refractivity contribution in [3.8, 4) is 0 Å². The summed E-state index contributed by atoms with van der Waals surface area (Å²) in [6.45, 7) is 1.91. The Kier molecular flexibility index (Phi) is 3.85. The minimum absolute atomic E-state index is 0.478. The highest BCUT2D eigenvalue weighted by atomic mass is 32.1. The molecule has 0 aliphatic carbocycles. The maximum absolute atomic E-state index is 12.8. The number of anilines is 1. The zero-order valence-corrected chi connectivity index (χ0v) is 11.6. The largest absolute Gasteiger partial charge is 0.435 e. The van der Waals surface area contributed by atoms with Gasteiger partial charge in [-0.3, -0.25) is 9.48 Å². The fourth-order valence-electron chi connectivity index (χ4n) is 1.78. The zero-order valence-electron chi connectivity index (χ0n) is 10.8. The van der Waals surface area contributed by atoms with Crippen molar-refractivity contribution < 1.29 is 18.0 Å². The molecule has 2 aromatic heterocycles. The molecule has 8 heteroatoms. The Morgan fingerprint density at radius 1 is 1.50 bits per heavy atom. The molecule has 2 aromatic rings. The van der Waals surface area contributed by atoms with Crippen LogP contribution in [-0.2, 0) is 19.6 Å². The minimum Gasteiger partial charge on any atom is -0.321 e. The summed E-state index contributed by atoms with van der Waals surface area (Å²) in [4.78, 5) is 12.9. The third-order valence-electron chi connectivity index (χ3n) is 2.66. The van der Waals surface area contributed by atoms with Crippen LogP contribution in [0.15, 0.2) is 17.6 Å². The van der Waals surface area contributed by atoms with Gasteiger partial charge in [0.05, 0.1) is 11.3 Å². The average molecular weight is 303 g/mol. The number of amides is 1. The second-order valence-corrected chi connectivity index (χ2v) is 5.13. The third kappa shape index (κ3) is 2.84. The zero-order chi connectivity index (χ0) is 14.9. The molecule has 0 bridgehead atoms. The molecule has 0 aliphatic heterocycles. The first-order valence-corrected chi connectivity index (χ1v) is 6.69. The van der Waals surface area contributed by atoms with Gasteiger partial charge in [-0.1, -0.05) is 6.92 Å². The van der Waals surface area contributed by atoms with Crippen LogP contribution < -0.4 is 5.32 Å². The Labute approximate surface area is 117 Å². The van der Waals surface area contributed by atoms with E-state index in [2.05, 4.69) is 10.4 Å². The summed E-state index contributed by atoms with van der Waals surface area (Å²) in [5.74, 6) is -0.807. The Bertz CT molecular complexity index is 630. The summed E-state index contributed by atoms with van der Waals surface area (Å²) < 4.78 is 39.4. The maximum atomic E-state index is 12.8. The van der Waals surface area contributed by atoms with Crippen LogP contribution in [0.1, 0.15) is 27.9 Å². The Morgan fingerprint density at radius 2 is 2.20 bits per heavy atom. The van der Waals surface area contributed by atoms with Crippen LogP contribution in [0.5, 0.6) is 0 Å². The van der Waals surface area contributed by atoms with Crippen LogP contribution in [0.25, 0.3) is 0 Å². The summed E-state index contributed by atoms with van der Waals surface area (Å²) in [6.07, 6.45) is -2.89. The van der Waals surface area contributed by atoms with Crippen molar-refractivity contribution in [2.24, 2.45) is 7.05 Å². The number of carbonyl (C=O) groups excluding carboxylic acids is 1. The molecule has 0 aromatic carbocycles.